The molecule has 114 valence electrons. The zero-order chi connectivity index (χ0) is 14.6. The lowest BCUT2D eigenvalue weighted by atomic mass is 9.82. The second-order valence-electron chi connectivity index (χ2n) is 6.95. The van der Waals surface area contributed by atoms with E-state index in [2.05, 4.69) is 32.6 Å². The Morgan fingerprint density at radius 2 is 1.95 bits per heavy atom. The SMILES string of the molecule is COCCN(C(C)C1CC1)C(CO)C(N)C(C)(C)C. The lowest BCUT2D eigenvalue weighted by Gasteiger charge is -2.43. The maximum Gasteiger partial charge on any atom is 0.0602 e. The van der Waals surface area contributed by atoms with E-state index >= 15 is 0 Å². The fraction of sp³-hybridized carbons (Fsp3) is 1.00. The maximum absolute atomic E-state index is 9.82. The van der Waals surface area contributed by atoms with Crippen LogP contribution in [-0.4, -0.2) is 55.0 Å². The molecule has 0 amide bonds. The summed E-state index contributed by atoms with van der Waals surface area (Å²) in [6, 6.07) is 0.432. The van der Waals surface area contributed by atoms with Crippen molar-refractivity contribution in [1.29, 1.82) is 0 Å². The normalized spacial score (nSPS) is 21.5. The molecule has 0 aromatic carbocycles. The van der Waals surface area contributed by atoms with Crippen LogP contribution in [0.1, 0.15) is 40.5 Å². The van der Waals surface area contributed by atoms with Crippen LogP contribution in [0.5, 0.6) is 0 Å². The molecule has 0 aromatic rings. The first-order valence-corrected chi connectivity index (χ1v) is 7.44. The highest BCUT2D eigenvalue weighted by Gasteiger charge is 2.39. The van der Waals surface area contributed by atoms with Gasteiger partial charge in [0.15, 0.2) is 0 Å². The molecule has 19 heavy (non-hydrogen) atoms. The average molecular weight is 272 g/mol. The molecule has 4 nitrogen and oxygen atoms in total. The summed E-state index contributed by atoms with van der Waals surface area (Å²) in [5, 5.41) is 9.82. The molecule has 1 aliphatic carbocycles. The van der Waals surface area contributed by atoms with Crippen molar-refractivity contribution in [3.05, 3.63) is 0 Å². The predicted molar refractivity (Wildman–Crippen MR) is 79.1 cm³/mol. The number of ether oxygens (including phenoxy) is 1. The smallest absolute Gasteiger partial charge is 0.0602 e. The van der Waals surface area contributed by atoms with Crippen LogP contribution in [0.25, 0.3) is 0 Å². The van der Waals surface area contributed by atoms with Gasteiger partial charge in [-0.05, 0) is 31.1 Å². The Bertz CT molecular complexity index is 261. The van der Waals surface area contributed by atoms with Crippen LogP contribution in [-0.2, 0) is 4.74 Å². The van der Waals surface area contributed by atoms with E-state index in [0.29, 0.717) is 12.6 Å². The number of methoxy groups -OCH3 is 1. The number of hydrogen-bond donors (Lipinski definition) is 2. The molecule has 0 radical (unpaired) electrons. The van der Waals surface area contributed by atoms with Crippen molar-refractivity contribution in [3.63, 3.8) is 0 Å². The minimum Gasteiger partial charge on any atom is -0.395 e. The van der Waals surface area contributed by atoms with Crippen molar-refractivity contribution >= 4 is 0 Å². The Morgan fingerprint density at radius 1 is 1.37 bits per heavy atom. The van der Waals surface area contributed by atoms with Crippen LogP contribution < -0.4 is 5.73 Å². The third-order valence-corrected chi connectivity index (χ3v) is 4.41. The van der Waals surface area contributed by atoms with Gasteiger partial charge in [-0.15, -0.1) is 0 Å². The second-order valence-corrected chi connectivity index (χ2v) is 6.95. The molecule has 0 heterocycles. The first-order valence-electron chi connectivity index (χ1n) is 7.44. The summed E-state index contributed by atoms with van der Waals surface area (Å²) >= 11 is 0. The minimum atomic E-state index is -0.0458. The number of rotatable bonds is 8. The Kier molecular flexibility index (Phi) is 6.24. The summed E-state index contributed by atoms with van der Waals surface area (Å²) in [5.41, 5.74) is 6.38. The van der Waals surface area contributed by atoms with Gasteiger partial charge in [-0.25, -0.2) is 0 Å². The Balaban J connectivity index is 2.78. The van der Waals surface area contributed by atoms with E-state index in [1.807, 2.05) is 0 Å². The lowest BCUT2D eigenvalue weighted by Crippen LogP contribution is -2.58. The molecule has 0 aromatic heterocycles. The molecular weight excluding hydrogens is 240 g/mol. The van der Waals surface area contributed by atoms with Gasteiger partial charge in [0.2, 0.25) is 0 Å². The van der Waals surface area contributed by atoms with Crippen molar-refractivity contribution in [1.82, 2.24) is 4.90 Å². The molecule has 1 rings (SSSR count). The zero-order valence-electron chi connectivity index (χ0n) is 13.2. The molecule has 1 saturated carbocycles. The number of hydrogen-bond acceptors (Lipinski definition) is 4. The topological polar surface area (TPSA) is 58.7 Å². The quantitative estimate of drug-likeness (QED) is 0.702. The summed E-state index contributed by atoms with van der Waals surface area (Å²) < 4.78 is 5.22. The summed E-state index contributed by atoms with van der Waals surface area (Å²) in [7, 11) is 1.72. The largest absolute Gasteiger partial charge is 0.395 e. The standard InChI is InChI=1S/C15H32N2O2/c1-11(12-6-7-12)17(8-9-19-5)13(10-18)14(16)15(2,3)4/h11-14,18H,6-10,16H2,1-5H3. The first kappa shape index (κ1) is 16.9. The molecule has 1 aliphatic rings. The van der Waals surface area contributed by atoms with Crippen LogP contribution in [0, 0.1) is 11.3 Å². The maximum atomic E-state index is 9.82. The van der Waals surface area contributed by atoms with Crippen molar-refractivity contribution in [2.24, 2.45) is 17.1 Å². The monoisotopic (exact) mass is 272 g/mol. The molecule has 3 N–H and O–H groups in total. The van der Waals surface area contributed by atoms with Crippen LogP contribution in [0.3, 0.4) is 0 Å². The van der Waals surface area contributed by atoms with Gasteiger partial charge in [0.1, 0.15) is 0 Å². The third kappa shape index (κ3) is 4.71. The highest BCUT2D eigenvalue weighted by molar-refractivity contribution is 4.95. The van der Waals surface area contributed by atoms with Crippen LogP contribution in [0.2, 0.25) is 0 Å². The highest BCUT2D eigenvalue weighted by Crippen LogP contribution is 2.36. The van der Waals surface area contributed by atoms with E-state index in [1.54, 1.807) is 7.11 Å². The summed E-state index contributed by atoms with van der Waals surface area (Å²) in [4.78, 5) is 2.36. The fourth-order valence-corrected chi connectivity index (χ4v) is 2.72. The molecule has 0 aliphatic heterocycles. The van der Waals surface area contributed by atoms with Gasteiger partial charge in [0.05, 0.1) is 13.2 Å². The van der Waals surface area contributed by atoms with E-state index in [-0.39, 0.29) is 24.1 Å². The van der Waals surface area contributed by atoms with Crippen molar-refractivity contribution in [2.45, 2.75) is 58.7 Å². The second kappa shape index (κ2) is 7.02. The third-order valence-electron chi connectivity index (χ3n) is 4.41. The van der Waals surface area contributed by atoms with Crippen molar-refractivity contribution in [3.8, 4) is 0 Å². The molecule has 4 heteroatoms. The lowest BCUT2D eigenvalue weighted by molar-refractivity contribution is 0.0208. The summed E-state index contributed by atoms with van der Waals surface area (Å²) in [6.45, 7) is 10.3. The molecule has 0 spiro atoms. The van der Waals surface area contributed by atoms with Crippen LogP contribution in [0.4, 0.5) is 0 Å². The molecule has 3 atom stereocenters. The molecule has 0 saturated heterocycles. The fourth-order valence-electron chi connectivity index (χ4n) is 2.72. The number of nitrogens with two attached hydrogens (primary N) is 1. The van der Waals surface area contributed by atoms with Crippen molar-refractivity contribution in [2.75, 3.05) is 26.9 Å². The number of nitrogens with zero attached hydrogens (tertiary/aromatic N) is 1. The summed E-state index contributed by atoms with van der Waals surface area (Å²) in [5.74, 6) is 0.762. The molecule has 1 fully saturated rings. The van der Waals surface area contributed by atoms with Gasteiger partial charge in [-0.2, -0.15) is 0 Å². The Labute approximate surface area is 118 Å². The van der Waals surface area contributed by atoms with Gasteiger partial charge < -0.3 is 15.6 Å². The van der Waals surface area contributed by atoms with Gasteiger partial charge in [-0.1, -0.05) is 20.8 Å². The van der Waals surface area contributed by atoms with Gasteiger partial charge >= 0.3 is 0 Å². The average Bonchev–Trinajstić information content (AvgIpc) is 3.16. The van der Waals surface area contributed by atoms with E-state index in [1.165, 1.54) is 12.8 Å². The van der Waals surface area contributed by atoms with E-state index in [4.69, 9.17) is 10.5 Å². The van der Waals surface area contributed by atoms with Gasteiger partial charge in [-0.3, -0.25) is 4.90 Å². The van der Waals surface area contributed by atoms with Crippen LogP contribution >= 0.6 is 0 Å². The Morgan fingerprint density at radius 3 is 2.32 bits per heavy atom. The van der Waals surface area contributed by atoms with E-state index in [9.17, 15) is 5.11 Å². The molecular formula is C15H32N2O2. The Hall–Kier alpha value is -0.160. The van der Waals surface area contributed by atoms with E-state index in [0.717, 1.165) is 12.5 Å². The predicted octanol–water partition coefficient (Wildman–Crippen LogP) is 1.47. The highest BCUT2D eigenvalue weighted by atomic mass is 16.5. The van der Waals surface area contributed by atoms with E-state index < -0.39 is 0 Å². The number of aliphatic hydroxyl groups is 1. The number of aliphatic hydroxyl groups excluding tert-OH is 1. The molecule has 0 bridgehead atoms. The van der Waals surface area contributed by atoms with Crippen molar-refractivity contribution < 1.29 is 9.84 Å². The zero-order valence-corrected chi connectivity index (χ0v) is 13.2. The van der Waals surface area contributed by atoms with Crippen LogP contribution in [0.15, 0.2) is 0 Å². The molecule has 3 unspecified atom stereocenters. The van der Waals surface area contributed by atoms with Gasteiger partial charge in [0, 0.05) is 31.8 Å². The minimum absolute atomic E-state index is 0.00532. The first-order chi connectivity index (χ1) is 8.82. The van der Waals surface area contributed by atoms with Gasteiger partial charge in [0.25, 0.3) is 0 Å². The summed E-state index contributed by atoms with van der Waals surface area (Å²) in [6.07, 6.45) is 2.60.